The van der Waals surface area contributed by atoms with Crippen molar-refractivity contribution in [2.24, 2.45) is 0 Å². The minimum absolute atomic E-state index is 0.181. The number of nitrogens with zero attached hydrogens (tertiary/aromatic N) is 4. The van der Waals surface area contributed by atoms with Gasteiger partial charge in [-0.15, -0.1) is 0 Å². The monoisotopic (exact) mass is 514 g/mol. The second-order valence-corrected chi connectivity index (χ2v) is 9.43. The summed E-state index contributed by atoms with van der Waals surface area (Å²) in [6, 6.07) is 22.6. The summed E-state index contributed by atoms with van der Waals surface area (Å²) >= 11 is 1.47. The standard InChI is InChI=1S/C28H26N4O4S/c1-35-23-10-6-19(7-11-23)15-31-18-29-26-25(31)27(34)30-28(32(26)16-21-4-3-5-22(33)14-21)37-17-20-8-12-24(36-2)13-9-20/h3-14,18,33H,15-17H2,1-2H3. The van der Waals surface area contributed by atoms with E-state index in [0.717, 1.165) is 28.2 Å². The smallest absolute Gasteiger partial charge is 0.299 e. The molecule has 0 atom stereocenters. The zero-order valence-corrected chi connectivity index (χ0v) is 21.3. The number of imidazole rings is 1. The van der Waals surface area contributed by atoms with Crippen LogP contribution in [0.3, 0.4) is 0 Å². The van der Waals surface area contributed by atoms with Crippen LogP contribution in [0.4, 0.5) is 0 Å². The topological polar surface area (TPSA) is 91.4 Å². The molecule has 2 aromatic heterocycles. The van der Waals surface area contributed by atoms with Crippen molar-refractivity contribution in [2.75, 3.05) is 14.2 Å². The Labute approximate surface area is 218 Å². The lowest BCUT2D eigenvalue weighted by Gasteiger charge is -2.14. The molecule has 0 unspecified atom stereocenters. The number of aromatic hydroxyl groups is 1. The highest BCUT2D eigenvalue weighted by molar-refractivity contribution is 7.98. The lowest BCUT2D eigenvalue weighted by Crippen LogP contribution is -2.19. The summed E-state index contributed by atoms with van der Waals surface area (Å²) in [5.74, 6) is 2.36. The van der Waals surface area contributed by atoms with Gasteiger partial charge < -0.3 is 19.1 Å². The fourth-order valence-electron chi connectivity index (χ4n) is 4.09. The molecular formula is C28H26N4O4S. The molecule has 0 amide bonds. The van der Waals surface area contributed by atoms with Crippen LogP contribution in [0.15, 0.2) is 89.1 Å². The van der Waals surface area contributed by atoms with Crippen molar-refractivity contribution in [3.63, 3.8) is 0 Å². The average molecular weight is 515 g/mol. The van der Waals surface area contributed by atoms with Gasteiger partial charge in [-0.2, -0.15) is 4.98 Å². The van der Waals surface area contributed by atoms with Crippen LogP contribution in [-0.4, -0.2) is 38.4 Å². The van der Waals surface area contributed by atoms with Crippen molar-refractivity contribution < 1.29 is 14.6 Å². The van der Waals surface area contributed by atoms with Gasteiger partial charge in [0.25, 0.3) is 5.56 Å². The van der Waals surface area contributed by atoms with Gasteiger partial charge in [-0.3, -0.25) is 9.36 Å². The molecule has 5 aromatic rings. The van der Waals surface area contributed by atoms with Crippen molar-refractivity contribution in [1.29, 1.82) is 0 Å². The molecular weight excluding hydrogens is 488 g/mol. The summed E-state index contributed by atoms with van der Waals surface area (Å²) in [7, 11) is 3.26. The molecule has 1 N–H and O–H groups in total. The first-order chi connectivity index (χ1) is 18.0. The molecule has 0 radical (unpaired) electrons. The van der Waals surface area contributed by atoms with E-state index in [1.54, 1.807) is 38.7 Å². The Morgan fingerprint density at radius 3 is 2.19 bits per heavy atom. The van der Waals surface area contributed by atoms with Gasteiger partial charge in [0.1, 0.15) is 17.2 Å². The molecule has 0 bridgehead atoms. The predicted molar refractivity (Wildman–Crippen MR) is 144 cm³/mol. The van der Waals surface area contributed by atoms with E-state index >= 15 is 0 Å². The van der Waals surface area contributed by atoms with E-state index in [4.69, 9.17) is 9.47 Å². The maximum Gasteiger partial charge on any atom is 0.299 e. The number of fused-ring (bicyclic) bond motifs is 1. The first kappa shape index (κ1) is 24.5. The first-order valence-electron chi connectivity index (χ1n) is 11.7. The molecule has 9 heteroatoms. The second-order valence-electron chi connectivity index (χ2n) is 8.49. The summed E-state index contributed by atoms with van der Waals surface area (Å²) in [5.41, 5.74) is 3.62. The van der Waals surface area contributed by atoms with E-state index in [9.17, 15) is 9.90 Å². The Balaban J connectivity index is 1.52. The van der Waals surface area contributed by atoms with Gasteiger partial charge in [0.15, 0.2) is 16.3 Å². The number of phenolic OH excluding ortho intramolecular Hbond substituents is 1. The van der Waals surface area contributed by atoms with Gasteiger partial charge in [0.05, 0.1) is 27.1 Å². The largest absolute Gasteiger partial charge is 0.508 e. The molecule has 0 fully saturated rings. The lowest BCUT2D eigenvalue weighted by atomic mass is 10.2. The van der Waals surface area contributed by atoms with E-state index in [-0.39, 0.29) is 11.3 Å². The van der Waals surface area contributed by atoms with E-state index in [1.807, 2.05) is 63.7 Å². The summed E-state index contributed by atoms with van der Waals surface area (Å²) in [5, 5.41) is 10.6. The Bertz CT molecular complexity index is 1580. The van der Waals surface area contributed by atoms with Crippen LogP contribution >= 0.6 is 11.8 Å². The Morgan fingerprint density at radius 2 is 1.54 bits per heavy atom. The molecule has 8 nitrogen and oxygen atoms in total. The van der Waals surface area contributed by atoms with Crippen molar-refractivity contribution in [3.8, 4) is 17.2 Å². The van der Waals surface area contributed by atoms with Crippen molar-refractivity contribution in [2.45, 2.75) is 24.0 Å². The van der Waals surface area contributed by atoms with Gasteiger partial charge in [-0.1, -0.05) is 48.2 Å². The SMILES string of the molecule is COc1ccc(CSc2nc(=O)c3c(ncn3Cc3ccc(OC)cc3)n2Cc2cccc(O)c2)cc1. The van der Waals surface area contributed by atoms with Crippen LogP contribution in [0.1, 0.15) is 16.7 Å². The lowest BCUT2D eigenvalue weighted by molar-refractivity contribution is 0.414. The van der Waals surface area contributed by atoms with Crippen LogP contribution in [0, 0.1) is 0 Å². The molecule has 0 spiro atoms. The molecule has 37 heavy (non-hydrogen) atoms. The van der Waals surface area contributed by atoms with Crippen LogP contribution in [0.25, 0.3) is 11.2 Å². The second kappa shape index (κ2) is 10.8. The minimum Gasteiger partial charge on any atom is -0.508 e. The zero-order valence-electron chi connectivity index (χ0n) is 20.5. The van der Waals surface area contributed by atoms with Crippen molar-refractivity contribution >= 4 is 22.9 Å². The summed E-state index contributed by atoms with van der Waals surface area (Å²) in [4.78, 5) is 22.4. The minimum atomic E-state index is -0.328. The molecule has 0 saturated heterocycles. The summed E-state index contributed by atoms with van der Waals surface area (Å²) in [6.07, 6.45) is 1.68. The molecule has 5 rings (SSSR count). The number of rotatable bonds is 9. The molecule has 3 aromatic carbocycles. The number of aromatic nitrogens is 4. The molecule has 0 aliphatic heterocycles. The Hall–Kier alpha value is -4.24. The summed E-state index contributed by atoms with van der Waals surface area (Å²) < 4.78 is 14.2. The van der Waals surface area contributed by atoms with Crippen molar-refractivity contribution in [1.82, 2.24) is 19.1 Å². The quantitative estimate of drug-likeness (QED) is 0.225. The number of ether oxygens (including phenoxy) is 2. The van der Waals surface area contributed by atoms with Gasteiger partial charge in [0, 0.05) is 12.3 Å². The molecule has 2 heterocycles. The van der Waals surface area contributed by atoms with E-state index in [1.165, 1.54) is 11.8 Å². The third-order valence-corrected chi connectivity index (χ3v) is 7.04. The predicted octanol–water partition coefficient (Wildman–Crippen LogP) is 4.70. The zero-order chi connectivity index (χ0) is 25.8. The van der Waals surface area contributed by atoms with Crippen molar-refractivity contribution in [3.05, 3.63) is 106 Å². The van der Waals surface area contributed by atoms with Gasteiger partial charge >= 0.3 is 0 Å². The maximum absolute atomic E-state index is 13.3. The summed E-state index contributed by atoms with van der Waals surface area (Å²) in [6.45, 7) is 0.880. The molecule has 188 valence electrons. The Kier molecular flexibility index (Phi) is 7.14. The van der Waals surface area contributed by atoms with Gasteiger partial charge in [0.2, 0.25) is 0 Å². The molecule has 0 saturated carbocycles. The molecule has 0 aliphatic carbocycles. The third-order valence-electron chi connectivity index (χ3n) is 5.99. The fraction of sp³-hybridized carbons (Fsp3) is 0.179. The number of hydrogen-bond acceptors (Lipinski definition) is 7. The number of thioether (sulfide) groups is 1. The van der Waals surface area contributed by atoms with Crippen LogP contribution < -0.4 is 15.0 Å². The number of hydrogen-bond donors (Lipinski definition) is 1. The highest BCUT2D eigenvalue weighted by Crippen LogP contribution is 2.26. The highest BCUT2D eigenvalue weighted by atomic mass is 32.2. The average Bonchev–Trinajstić information content (AvgIpc) is 3.34. The van der Waals surface area contributed by atoms with Crippen LogP contribution in [-0.2, 0) is 18.8 Å². The first-order valence-corrected chi connectivity index (χ1v) is 12.6. The third kappa shape index (κ3) is 5.46. The normalized spacial score (nSPS) is 11.1. The van der Waals surface area contributed by atoms with Gasteiger partial charge in [-0.25, -0.2) is 4.98 Å². The highest BCUT2D eigenvalue weighted by Gasteiger charge is 2.17. The number of phenols is 1. The maximum atomic E-state index is 13.3. The fourth-order valence-corrected chi connectivity index (χ4v) is 5.03. The van der Waals surface area contributed by atoms with Crippen LogP contribution in [0.5, 0.6) is 17.2 Å². The van der Waals surface area contributed by atoms with Gasteiger partial charge in [-0.05, 0) is 53.1 Å². The molecule has 0 aliphatic rings. The Morgan fingerprint density at radius 1 is 0.865 bits per heavy atom. The van der Waals surface area contributed by atoms with E-state index in [2.05, 4.69) is 9.97 Å². The number of methoxy groups -OCH3 is 2. The van der Waals surface area contributed by atoms with Crippen LogP contribution in [0.2, 0.25) is 0 Å². The number of benzene rings is 3. The van der Waals surface area contributed by atoms with E-state index in [0.29, 0.717) is 35.2 Å². The van der Waals surface area contributed by atoms with E-state index < -0.39 is 0 Å².